The second-order valence-corrected chi connectivity index (χ2v) is 8.57. The highest BCUT2D eigenvalue weighted by Gasteiger charge is 2.30. The molecule has 1 aromatic carbocycles. The van der Waals surface area contributed by atoms with Crippen LogP contribution in [0.5, 0.6) is 0 Å². The van der Waals surface area contributed by atoms with Gasteiger partial charge in [0.05, 0.1) is 18.2 Å². The van der Waals surface area contributed by atoms with Crippen molar-refractivity contribution in [2.24, 2.45) is 0 Å². The molecule has 3 aromatic rings. The van der Waals surface area contributed by atoms with E-state index in [1.165, 1.54) is 12.4 Å². The number of halogens is 3. The average Bonchev–Trinajstić information content (AvgIpc) is 3.08. The molecule has 0 aliphatic carbocycles. The van der Waals surface area contributed by atoms with Gasteiger partial charge in [-0.05, 0) is 18.6 Å². The Bertz CT molecular complexity index is 1060. The van der Waals surface area contributed by atoms with Gasteiger partial charge in [0.15, 0.2) is 0 Å². The molecule has 158 valence electrons. The van der Waals surface area contributed by atoms with Crippen LogP contribution < -0.4 is 4.90 Å². The van der Waals surface area contributed by atoms with Crippen LogP contribution in [0, 0.1) is 6.92 Å². The maximum atomic E-state index is 12.7. The number of hydrogen-bond acceptors (Lipinski definition) is 5. The minimum atomic E-state index is -4.25. The topological polar surface area (TPSA) is 49.3 Å². The van der Waals surface area contributed by atoms with E-state index in [9.17, 15) is 18.0 Å². The fraction of sp³-hybridized carbons (Fsp3) is 0.381. The normalized spacial score (nSPS) is 15.1. The van der Waals surface area contributed by atoms with Crippen molar-refractivity contribution in [1.29, 1.82) is 0 Å². The smallest absolute Gasteiger partial charge is 0.352 e. The molecule has 1 aliphatic rings. The molecule has 0 saturated carbocycles. The second kappa shape index (κ2) is 8.22. The predicted octanol–water partition coefficient (Wildman–Crippen LogP) is 4.00. The van der Waals surface area contributed by atoms with Gasteiger partial charge in [0.2, 0.25) is 5.91 Å². The third-order valence-electron chi connectivity index (χ3n) is 5.10. The number of carbonyl (C=O) groups is 1. The maximum Gasteiger partial charge on any atom is 0.393 e. The molecule has 1 aliphatic heterocycles. The molecule has 0 radical (unpaired) electrons. The van der Waals surface area contributed by atoms with Crippen LogP contribution in [0.4, 0.5) is 19.0 Å². The lowest BCUT2D eigenvalue weighted by Crippen LogP contribution is -2.49. The molecule has 0 spiro atoms. The lowest BCUT2D eigenvalue weighted by atomic mass is 10.1. The fourth-order valence-electron chi connectivity index (χ4n) is 3.71. The SMILES string of the molecule is Cc1cccc(CC(=O)N2CCN(c3ncnc4sc(CC(F)(F)F)cc34)CC2)c1. The zero-order valence-electron chi connectivity index (χ0n) is 16.4. The number of thiophene rings is 1. The summed E-state index contributed by atoms with van der Waals surface area (Å²) in [5.74, 6) is 0.714. The van der Waals surface area contributed by atoms with Crippen molar-refractivity contribution < 1.29 is 18.0 Å². The fourth-order valence-corrected chi connectivity index (χ4v) is 4.73. The molecule has 0 unspecified atom stereocenters. The summed E-state index contributed by atoms with van der Waals surface area (Å²) >= 11 is 1.05. The van der Waals surface area contributed by atoms with Crippen LogP contribution in [0.1, 0.15) is 16.0 Å². The van der Waals surface area contributed by atoms with Gasteiger partial charge in [0.1, 0.15) is 17.0 Å². The molecule has 3 heterocycles. The number of aromatic nitrogens is 2. The highest BCUT2D eigenvalue weighted by atomic mass is 32.1. The molecule has 0 bridgehead atoms. The van der Waals surface area contributed by atoms with Gasteiger partial charge in [-0.15, -0.1) is 11.3 Å². The van der Waals surface area contributed by atoms with E-state index < -0.39 is 12.6 Å². The summed E-state index contributed by atoms with van der Waals surface area (Å²) in [5, 5.41) is 0.640. The van der Waals surface area contributed by atoms with Gasteiger partial charge in [-0.1, -0.05) is 29.8 Å². The highest BCUT2D eigenvalue weighted by Crippen LogP contribution is 2.34. The number of rotatable bonds is 4. The van der Waals surface area contributed by atoms with Gasteiger partial charge in [-0.3, -0.25) is 4.79 Å². The summed E-state index contributed by atoms with van der Waals surface area (Å²) in [5.41, 5.74) is 2.12. The highest BCUT2D eigenvalue weighted by molar-refractivity contribution is 7.18. The monoisotopic (exact) mass is 434 g/mol. The summed E-state index contributed by atoms with van der Waals surface area (Å²) in [7, 11) is 0. The van der Waals surface area contributed by atoms with E-state index in [2.05, 4.69) is 9.97 Å². The number of carbonyl (C=O) groups excluding carboxylic acids is 1. The summed E-state index contributed by atoms with van der Waals surface area (Å²) in [6, 6.07) is 9.46. The molecule has 0 N–H and O–H groups in total. The van der Waals surface area contributed by atoms with Crippen LogP contribution in [0.25, 0.3) is 10.2 Å². The van der Waals surface area contributed by atoms with Crippen LogP contribution >= 0.6 is 11.3 Å². The zero-order valence-corrected chi connectivity index (χ0v) is 17.3. The summed E-state index contributed by atoms with van der Waals surface area (Å²) in [6.07, 6.45) is -3.46. The molecule has 1 saturated heterocycles. The number of aryl methyl sites for hydroxylation is 1. The number of alkyl halides is 3. The van der Waals surface area contributed by atoms with Gasteiger partial charge in [-0.2, -0.15) is 13.2 Å². The molecule has 4 rings (SSSR count). The molecule has 2 aromatic heterocycles. The van der Waals surface area contributed by atoms with Gasteiger partial charge in [0.25, 0.3) is 0 Å². The van der Waals surface area contributed by atoms with Gasteiger partial charge in [-0.25, -0.2) is 9.97 Å². The first kappa shape index (κ1) is 20.6. The van der Waals surface area contributed by atoms with Crippen molar-refractivity contribution in [2.45, 2.75) is 25.9 Å². The van der Waals surface area contributed by atoms with E-state index >= 15 is 0 Å². The first-order chi connectivity index (χ1) is 14.3. The summed E-state index contributed by atoms with van der Waals surface area (Å²) in [4.78, 5) is 25.7. The number of benzene rings is 1. The van der Waals surface area contributed by atoms with Crippen LogP contribution in [0.2, 0.25) is 0 Å². The number of anilines is 1. The Balaban J connectivity index is 1.43. The first-order valence-corrected chi connectivity index (χ1v) is 10.5. The van der Waals surface area contributed by atoms with E-state index in [1.807, 2.05) is 41.0 Å². The second-order valence-electron chi connectivity index (χ2n) is 7.45. The molecular weight excluding hydrogens is 413 g/mol. The van der Waals surface area contributed by atoms with E-state index in [0.29, 0.717) is 48.6 Å². The van der Waals surface area contributed by atoms with E-state index in [4.69, 9.17) is 0 Å². The minimum absolute atomic E-state index is 0.0797. The largest absolute Gasteiger partial charge is 0.393 e. The van der Waals surface area contributed by atoms with Crippen molar-refractivity contribution in [3.63, 3.8) is 0 Å². The summed E-state index contributed by atoms with van der Waals surface area (Å²) < 4.78 is 38.2. The van der Waals surface area contributed by atoms with Gasteiger partial charge < -0.3 is 9.80 Å². The Morgan fingerprint density at radius 3 is 2.60 bits per heavy atom. The third-order valence-corrected chi connectivity index (χ3v) is 6.15. The average molecular weight is 434 g/mol. The Morgan fingerprint density at radius 1 is 1.13 bits per heavy atom. The number of amides is 1. The predicted molar refractivity (Wildman–Crippen MR) is 111 cm³/mol. The Labute approximate surface area is 176 Å². The number of hydrogen-bond donors (Lipinski definition) is 0. The van der Waals surface area contributed by atoms with E-state index in [0.717, 1.165) is 22.5 Å². The van der Waals surface area contributed by atoms with Crippen molar-refractivity contribution >= 4 is 33.3 Å². The van der Waals surface area contributed by atoms with Crippen LogP contribution in [0.15, 0.2) is 36.7 Å². The number of fused-ring (bicyclic) bond motifs is 1. The first-order valence-electron chi connectivity index (χ1n) is 9.67. The molecule has 1 fully saturated rings. The molecular formula is C21H21F3N4OS. The van der Waals surface area contributed by atoms with Crippen molar-refractivity contribution in [3.05, 3.63) is 52.7 Å². The maximum absolute atomic E-state index is 12.7. The quantitative estimate of drug-likeness (QED) is 0.623. The van der Waals surface area contributed by atoms with Crippen molar-refractivity contribution in [2.75, 3.05) is 31.1 Å². The lowest BCUT2D eigenvalue weighted by molar-refractivity contribution is -0.130. The van der Waals surface area contributed by atoms with Crippen LogP contribution in [-0.4, -0.2) is 53.1 Å². The molecule has 0 atom stereocenters. The molecule has 9 heteroatoms. The van der Waals surface area contributed by atoms with Gasteiger partial charge >= 0.3 is 6.18 Å². The third kappa shape index (κ3) is 4.72. The lowest BCUT2D eigenvalue weighted by Gasteiger charge is -2.35. The van der Waals surface area contributed by atoms with E-state index in [-0.39, 0.29) is 10.8 Å². The standard InChI is InChI=1S/C21H21F3N4OS/c1-14-3-2-4-15(9-14)10-18(29)27-5-7-28(8-6-27)19-17-11-16(12-21(22,23)24)30-20(17)26-13-25-19/h2-4,9,11,13H,5-8,10,12H2,1H3. The number of nitrogens with zero attached hydrogens (tertiary/aromatic N) is 4. The number of piperazine rings is 1. The molecule has 30 heavy (non-hydrogen) atoms. The molecule has 1 amide bonds. The van der Waals surface area contributed by atoms with Crippen molar-refractivity contribution in [1.82, 2.24) is 14.9 Å². The Kier molecular flexibility index (Phi) is 5.64. The Morgan fingerprint density at radius 2 is 1.90 bits per heavy atom. The van der Waals surface area contributed by atoms with Crippen molar-refractivity contribution in [3.8, 4) is 0 Å². The zero-order chi connectivity index (χ0) is 21.3. The van der Waals surface area contributed by atoms with E-state index in [1.54, 1.807) is 0 Å². The molecule has 5 nitrogen and oxygen atoms in total. The van der Waals surface area contributed by atoms with Gasteiger partial charge in [0, 0.05) is 31.1 Å². The Hall–Kier alpha value is -2.68. The van der Waals surface area contributed by atoms with Crippen LogP contribution in [-0.2, 0) is 17.6 Å². The minimum Gasteiger partial charge on any atom is -0.352 e. The van der Waals surface area contributed by atoms with Crippen LogP contribution in [0.3, 0.4) is 0 Å². The summed E-state index contributed by atoms with van der Waals surface area (Å²) in [6.45, 7) is 4.26.